The maximum Gasteiger partial charge on any atom is 0.281 e. The van der Waals surface area contributed by atoms with E-state index in [4.69, 9.17) is 0 Å². The highest BCUT2D eigenvalue weighted by molar-refractivity contribution is 5.98. The predicted octanol–water partition coefficient (Wildman–Crippen LogP) is 3.91. The number of carbonyl (C=O) groups is 1. The number of H-pyrrole nitrogens is 1. The first kappa shape index (κ1) is 20.6. The molecule has 0 aliphatic carbocycles. The lowest BCUT2D eigenvalue weighted by atomic mass is 10.0. The number of amides is 1. The van der Waals surface area contributed by atoms with Crippen LogP contribution in [-0.4, -0.2) is 32.3 Å². The summed E-state index contributed by atoms with van der Waals surface area (Å²) in [7, 11) is 0. The first-order valence-electron chi connectivity index (χ1n) is 10.5. The zero-order valence-corrected chi connectivity index (χ0v) is 17.7. The maximum atomic E-state index is 13.7. The number of nitrogens with zero attached hydrogens (tertiary/aromatic N) is 3. The second kappa shape index (κ2) is 8.31. The van der Waals surface area contributed by atoms with E-state index >= 15 is 0 Å². The molecule has 0 aliphatic heterocycles. The van der Waals surface area contributed by atoms with E-state index in [1.54, 1.807) is 30.3 Å². The standard InChI is InChI=1S/C25H20FN5O2/c1-15(16-6-3-2-4-7-16)14-27-24(32)18-10-11-20-21(13-18)31-23(28-25(20)33)22(29-30-31)17-8-5-9-19(26)12-17/h2-13,15,30H,14H2,1H3,(H,27,32)/t15-/m0/s1. The Balaban J connectivity index is 1.49. The van der Waals surface area contributed by atoms with Gasteiger partial charge < -0.3 is 5.32 Å². The number of fused-ring (bicyclic) bond motifs is 3. The third-order valence-corrected chi connectivity index (χ3v) is 5.66. The lowest BCUT2D eigenvalue weighted by molar-refractivity contribution is 0.0951. The Bertz CT molecular complexity index is 1540. The van der Waals surface area contributed by atoms with Crippen LogP contribution in [0.4, 0.5) is 4.39 Å². The second-order valence-corrected chi connectivity index (χ2v) is 7.90. The van der Waals surface area contributed by atoms with E-state index < -0.39 is 11.4 Å². The molecule has 33 heavy (non-hydrogen) atoms. The van der Waals surface area contributed by atoms with Crippen molar-refractivity contribution in [2.75, 3.05) is 6.54 Å². The second-order valence-electron chi connectivity index (χ2n) is 7.90. The van der Waals surface area contributed by atoms with E-state index in [-0.39, 0.29) is 17.5 Å². The zero-order chi connectivity index (χ0) is 22.9. The number of carbonyl (C=O) groups excluding carboxylic acids is 1. The largest absolute Gasteiger partial charge is 0.351 e. The van der Waals surface area contributed by atoms with Crippen LogP contribution in [0.25, 0.3) is 27.8 Å². The molecule has 0 aliphatic rings. The molecule has 5 aromatic rings. The molecule has 7 nitrogen and oxygen atoms in total. The van der Waals surface area contributed by atoms with Gasteiger partial charge in [-0.3, -0.25) is 9.59 Å². The first-order chi connectivity index (χ1) is 16.0. The molecule has 3 aromatic carbocycles. The van der Waals surface area contributed by atoms with Crippen molar-refractivity contribution in [3.8, 4) is 11.3 Å². The fourth-order valence-electron chi connectivity index (χ4n) is 3.85. The van der Waals surface area contributed by atoms with Gasteiger partial charge in [0.25, 0.3) is 11.5 Å². The molecule has 164 valence electrons. The van der Waals surface area contributed by atoms with Crippen molar-refractivity contribution in [1.82, 2.24) is 25.1 Å². The molecule has 2 heterocycles. The zero-order valence-electron chi connectivity index (χ0n) is 17.7. The van der Waals surface area contributed by atoms with Gasteiger partial charge in [-0.2, -0.15) is 10.1 Å². The fraction of sp³-hybridized carbons (Fsp3) is 0.120. The number of hydrogen-bond acceptors (Lipinski definition) is 4. The van der Waals surface area contributed by atoms with Crippen LogP contribution < -0.4 is 10.9 Å². The van der Waals surface area contributed by atoms with E-state index in [1.165, 1.54) is 16.6 Å². The van der Waals surface area contributed by atoms with Crippen molar-refractivity contribution in [3.05, 3.63) is 100 Å². The molecule has 0 fully saturated rings. The summed E-state index contributed by atoms with van der Waals surface area (Å²) in [6.07, 6.45) is 0. The Morgan fingerprint density at radius 3 is 2.70 bits per heavy atom. The Hall–Kier alpha value is -4.33. The Kier molecular flexibility index (Phi) is 5.18. The highest BCUT2D eigenvalue weighted by Gasteiger charge is 2.16. The number of nitrogens with one attached hydrogen (secondary N) is 2. The molecular weight excluding hydrogens is 421 g/mol. The number of aromatic amines is 1. The summed E-state index contributed by atoms with van der Waals surface area (Å²) in [5.74, 6) is -0.515. The highest BCUT2D eigenvalue weighted by Crippen LogP contribution is 2.23. The number of rotatable bonds is 5. The van der Waals surface area contributed by atoms with Crippen molar-refractivity contribution < 1.29 is 9.18 Å². The SMILES string of the molecule is C[C@@H](CNC(=O)c1ccc2c(=O)nc3c(-c4cccc(F)c4)n[nH]n3c2c1)c1ccccc1. The number of aromatic nitrogens is 4. The fourth-order valence-corrected chi connectivity index (χ4v) is 3.85. The van der Waals surface area contributed by atoms with Gasteiger partial charge in [0, 0.05) is 17.7 Å². The van der Waals surface area contributed by atoms with Crippen LogP contribution in [0.1, 0.15) is 28.8 Å². The Labute approximate surface area is 187 Å². The van der Waals surface area contributed by atoms with Crippen LogP contribution in [0.5, 0.6) is 0 Å². The number of benzene rings is 3. The summed E-state index contributed by atoms with van der Waals surface area (Å²) < 4.78 is 15.2. The number of halogens is 1. The molecule has 0 saturated carbocycles. The van der Waals surface area contributed by atoms with Gasteiger partial charge in [0.2, 0.25) is 0 Å². The van der Waals surface area contributed by atoms with Gasteiger partial charge in [-0.25, -0.2) is 14.1 Å². The first-order valence-corrected chi connectivity index (χ1v) is 10.5. The summed E-state index contributed by atoms with van der Waals surface area (Å²) in [5, 5.41) is 10.4. The minimum absolute atomic E-state index is 0.149. The molecule has 0 spiro atoms. The monoisotopic (exact) mass is 441 g/mol. The van der Waals surface area contributed by atoms with Gasteiger partial charge in [0.05, 0.1) is 10.9 Å². The molecule has 0 bridgehead atoms. The minimum atomic E-state index is -0.450. The van der Waals surface area contributed by atoms with Gasteiger partial charge in [-0.1, -0.05) is 49.4 Å². The van der Waals surface area contributed by atoms with E-state index in [2.05, 4.69) is 20.6 Å². The van der Waals surface area contributed by atoms with Crippen molar-refractivity contribution in [1.29, 1.82) is 0 Å². The molecule has 2 N–H and O–H groups in total. The molecule has 0 saturated heterocycles. The average molecular weight is 441 g/mol. The third-order valence-electron chi connectivity index (χ3n) is 5.66. The normalized spacial score (nSPS) is 12.2. The van der Waals surface area contributed by atoms with Crippen LogP contribution in [0.3, 0.4) is 0 Å². The summed E-state index contributed by atoms with van der Waals surface area (Å²) in [4.78, 5) is 29.6. The molecule has 1 atom stereocenters. The summed E-state index contributed by atoms with van der Waals surface area (Å²) in [6.45, 7) is 2.52. The van der Waals surface area contributed by atoms with E-state index in [9.17, 15) is 14.0 Å². The minimum Gasteiger partial charge on any atom is -0.351 e. The molecule has 5 rings (SSSR count). The topological polar surface area (TPSA) is 92.2 Å². The quantitative estimate of drug-likeness (QED) is 0.433. The summed E-state index contributed by atoms with van der Waals surface area (Å²) in [5.41, 5.74) is 2.65. The van der Waals surface area contributed by atoms with Crippen LogP contribution >= 0.6 is 0 Å². The summed E-state index contributed by atoms with van der Waals surface area (Å²) >= 11 is 0. The lowest BCUT2D eigenvalue weighted by Gasteiger charge is -2.13. The average Bonchev–Trinajstić information content (AvgIpc) is 3.26. The van der Waals surface area contributed by atoms with E-state index in [0.717, 1.165) is 5.56 Å². The van der Waals surface area contributed by atoms with Crippen LogP contribution in [0.15, 0.2) is 77.6 Å². The van der Waals surface area contributed by atoms with Gasteiger partial charge in [0.1, 0.15) is 11.5 Å². The van der Waals surface area contributed by atoms with Gasteiger partial charge in [-0.15, -0.1) is 0 Å². The van der Waals surface area contributed by atoms with Crippen molar-refractivity contribution in [3.63, 3.8) is 0 Å². The predicted molar refractivity (Wildman–Crippen MR) is 124 cm³/mol. The Morgan fingerprint density at radius 2 is 1.91 bits per heavy atom. The van der Waals surface area contributed by atoms with Crippen LogP contribution in [-0.2, 0) is 0 Å². The third kappa shape index (κ3) is 3.87. The summed E-state index contributed by atoms with van der Waals surface area (Å²) in [6, 6.07) is 20.7. The van der Waals surface area contributed by atoms with Crippen LogP contribution in [0, 0.1) is 5.82 Å². The molecule has 0 unspecified atom stereocenters. The van der Waals surface area contributed by atoms with Crippen molar-refractivity contribution in [2.45, 2.75) is 12.8 Å². The highest BCUT2D eigenvalue weighted by atomic mass is 19.1. The Morgan fingerprint density at radius 1 is 1.09 bits per heavy atom. The molecular formula is C25H20FN5O2. The molecule has 8 heteroatoms. The van der Waals surface area contributed by atoms with E-state index in [1.807, 2.05) is 37.3 Å². The lowest BCUT2D eigenvalue weighted by Crippen LogP contribution is -2.27. The van der Waals surface area contributed by atoms with Crippen LogP contribution in [0.2, 0.25) is 0 Å². The smallest absolute Gasteiger partial charge is 0.281 e. The molecule has 1 amide bonds. The molecule has 2 aromatic heterocycles. The number of hydrogen-bond donors (Lipinski definition) is 2. The molecule has 0 radical (unpaired) electrons. The van der Waals surface area contributed by atoms with Crippen molar-refractivity contribution >= 4 is 22.5 Å². The van der Waals surface area contributed by atoms with Gasteiger partial charge >= 0.3 is 0 Å². The van der Waals surface area contributed by atoms with E-state index in [0.29, 0.717) is 34.3 Å². The maximum absolute atomic E-state index is 13.7. The van der Waals surface area contributed by atoms with Gasteiger partial charge in [0.15, 0.2) is 5.65 Å². The van der Waals surface area contributed by atoms with Crippen molar-refractivity contribution in [2.24, 2.45) is 0 Å². The van der Waals surface area contributed by atoms with Gasteiger partial charge in [-0.05, 0) is 41.8 Å².